The summed E-state index contributed by atoms with van der Waals surface area (Å²) in [6, 6.07) is 5.42. The predicted molar refractivity (Wildman–Crippen MR) is 82.8 cm³/mol. The lowest BCUT2D eigenvalue weighted by molar-refractivity contribution is 0.112. The molecule has 0 aliphatic rings. The number of rotatable bonds is 4. The molecule has 0 saturated carbocycles. The number of alkyl halides is 1. The van der Waals surface area contributed by atoms with Gasteiger partial charge >= 0.3 is 0 Å². The molecule has 2 aromatic rings. The minimum atomic E-state index is -0.631. The molecule has 1 unspecified atom stereocenters. The summed E-state index contributed by atoms with van der Waals surface area (Å²) in [6.07, 6.45) is 0.490. The second kappa shape index (κ2) is 5.90. The topological polar surface area (TPSA) is 44.1 Å². The van der Waals surface area contributed by atoms with Gasteiger partial charge in [0, 0.05) is 12.6 Å². The molecular formula is C14H14FIN2O2. The molecule has 2 rings (SSSR count). The number of aryl methyl sites for hydroxylation is 2. The van der Waals surface area contributed by atoms with Crippen LogP contribution < -0.4 is 4.74 Å². The van der Waals surface area contributed by atoms with Crippen LogP contribution in [0.25, 0.3) is 11.3 Å². The van der Waals surface area contributed by atoms with Crippen LogP contribution in [-0.2, 0) is 7.05 Å². The number of hydrogen-bond donors (Lipinski definition) is 0. The molecule has 0 radical (unpaired) electrons. The van der Waals surface area contributed by atoms with Crippen molar-refractivity contribution in [2.24, 2.45) is 7.05 Å². The Morgan fingerprint density at radius 1 is 1.50 bits per heavy atom. The van der Waals surface area contributed by atoms with E-state index in [9.17, 15) is 9.18 Å². The van der Waals surface area contributed by atoms with Crippen LogP contribution in [0, 0.1) is 12.9 Å². The van der Waals surface area contributed by atoms with Gasteiger partial charge in [-0.2, -0.15) is 9.49 Å². The van der Waals surface area contributed by atoms with Crippen LogP contribution in [0.2, 0.25) is 0 Å². The lowest BCUT2D eigenvalue weighted by atomic mass is 10.1. The third-order valence-corrected chi connectivity index (χ3v) is 3.12. The van der Waals surface area contributed by atoms with Gasteiger partial charge in [0.1, 0.15) is 15.6 Å². The molecule has 1 atom stereocenters. The number of nitrogens with zero attached hydrogens (tertiary/aromatic N) is 2. The van der Waals surface area contributed by atoms with Gasteiger partial charge in [-0.15, -0.1) is 0 Å². The number of halogens is 2. The monoisotopic (exact) mass is 388 g/mol. The molecule has 0 aliphatic heterocycles. The molecule has 1 heterocycles. The number of benzene rings is 1. The van der Waals surface area contributed by atoms with Crippen molar-refractivity contribution in [3.05, 3.63) is 35.3 Å². The van der Waals surface area contributed by atoms with Crippen molar-refractivity contribution >= 4 is 28.9 Å². The summed E-state index contributed by atoms with van der Waals surface area (Å²) in [4.78, 5) is 11.0. The van der Waals surface area contributed by atoms with E-state index in [1.165, 1.54) is 7.05 Å². The maximum Gasteiger partial charge on any atom is 0.222 e. The highest BCUT2D eigenvalue weighted by Gasteiger charge is 2.17. The maximum absolute atomic E-state index is 13.7. The average molecular weight is 388 g/mol. The van der Waals surface area contributed by atoms with Crippen LogP contribution >= 0.6 is 22.6 Å². The Hall–Kier alpha value is -1.44. The van der Waals surface area contributed by atoms with E-state index in [1.807, 2.05) is 19.9 Å². The highest BCUT2D eigenvalue weighted by molar-refractivity contribution is 14.1. The number of ether oxygens (including phenoxy) is 1. The molecule has 0 spiro atoms. The zero-order valence-corrected chi connectivity index (χ0v) is 13.5. The molecule has 0 N–H and O–H groups in total. The number of carbonyl (C=O) groups is 1. The summed E-state index contributed by atoms with van der Waals surface area (Å²) < 4.78 is 20.5. The van der Waals surface area contributed by atoms with E-state index >= 15 is 0 Å². The summed E-state index contributed by atoms with van der Waals surface area (Å²) in [5, 5.41) is 4.05. The van der Waals surface area contributed by atoms with Gasteiger partial charge in [-0.1, -0.05) is 0 Å². The Morgan fingerprint density at radius 3 is 2.75 bits per heavy atom. The number of carbonyl (C=O) groups excluding carboxylic acids is 1. The van der Waals surface area contributed by atoms with E-state index in [4.69, 9.17) is 4.74 Å². The highest BCUT2D eigenvalue weighted by atomic mass is 127. The highest BCUT2D eigenvalue weighted by Crippen LogP contribution is 2.29. The van der Waals surface area contributed by atoms with Gasteiger partial charge in [0.15, 0.2) is 6.29 Å². The van der Waals surface area contributed by atoms with Crippen LogP contribution in [0.15, 0.2) is 18.2 Å². The Labute approximate surface area is 130 Å². The normalized spacial score (nSPS) is 12.2. The van der Waals surface area contributed by atoms with E-state index in [1.54, 1.807) is 12.1 Å². The van der Waals surface area contributed by atoms with Gasteiger partial charge in [-0.3, -0.25) is 4.79 Å². The van der Waals surface area contributed by atoms with Crippen molar-refractivity contribution in [3.8, 4) is 17.0 Å². The minimum absolute atomic E-state index is 0.0252. The summed E-state index contributed by atoms with van der Waals surface area (Å²) in [6.45, 7) is 3.84. The maximum atomic E-state index is 13.7. The SMILES string of the molecule is Cc1cc(-c2nn(C)c(F)c2C=O)ccc1OC(C)I. The fourth-order valence-electron chi connectivity index (χ4n) is 1.94. The largest absolute Gasteiger partial charge is 0.480 e. The molecule has 0 amide bonds. The second-order valence-electron chi connectivity index (χ2n) is 4.44. The molecule has 6 heteroatoms. The van der Waals surface area contributed by atoms with Crippen LogP contribution in [0.5, 0.6) is 5.75 Å². The predicted octanol–water partition coefficient (Wildman–Crippen LogP) is 3.51. The Bertz CT molecular complexity index is 653. The number of aldehydes is 1. The lowest BCUT2D eigenvalue weighted by Crippen LogP contribution is -2.02. The molecule has 1 aromatic heterocycles. The first-order valence-electron chi connectivity index (χ1n) is 6.03. The lowest BCUT2D eigenvalue weighted by Gasteiger charge is -2.11. The van der Waals surface area contributed by atoms with Crippen molar-refractivity contribution in [1.29, 1.82) is 0 Å². The molecule has 1 aromatic carbocycles. The summed E-state index contributed by atoms with van der Waals surface area (Å²) in [7, 11) is 1.47. The van der Waals surface area contributed by atoms with Gasteiger partial charge in [-0.05, 0) is 60.2 Å². The fourth-order valence-corrected chi connectivity index (χ4v) is 2.22. The van der Waals surface area contributed by atoms with E-state index in [0.717, 1.165) is 16.0 Å². The molecular weight excluding hydrogens is 374 g/mol. The Balaban J connectivity index is 2.47. The quantitative estimate of drug-likeness (QED) is 0.458. The van der Waals surface area contributed by atoms with E-state index in [2.05, 4.69) is 27.7 Å². The number of aromatic nitrogens is 2. The third-order valence-electron chi connectivity index (χ3n) is 2.87. The Kier molecular flexibility index (Phi) is 4.42. The molecule has 0 fully saturated rings. The molecule has 0 bridgehead atoms. The summed E-state index contributed by atoms with van der Waals surface area (Å²) in [5.74, 6) is 0.133. The summed E-state index contributed by atoms with van der Waals surface area (Å²) in [5.41, 5.74) is 1.92. The van der Waals surface area contributed by atoms with Gasteiger partial charge in [-0.25, -0.2) is 4.68 Å². The molecule has 0 saturated heterocycles. The van der Waals surface area contributed by atoms with Crippen LogP contribution in [0.1, 0.15) is 22.8 Å². The smallest absolute Gasteiger partial charge is 0.222 e. The van der Waals surface area contributed by atoms with Crippen LogP contribution in [0.4, 0.5) is 4.39 Å². The Morgan fingerprint density at radius 2 is 2.20 bits per heavy atom. The van der Waals surface area contributed by atoms with E-state index < -0.39 is 5.95 Å². The third kappa shape index (κ3) is 2.84. The average Bonchev–Trinajstić information content (AvgIpc) is 2.67. The fraction of sp³-hybridized carbons (Fsp3) is 0.286. The van der Waals surface area contributed by atoms with E-state index in [-0.39, 0.29) is 9.67 Å². The molecule has 20 heavy (non-hydrogen) atoms. The zero-order valence-electron chi connectivity index (χ0n) is 11.4. The second-order valence-corrected chi connectivity index (χ2v) is 6.19. The van der Waals surface area contributed by atoms with Gasteiger partial charge in [0.25, 0.3) is 0 Å². The van der Waals surface area contributed by atoms with Crippen molar-refractivity contribution < 1.29 is 13.9 Å². The zero-order chi connectivity index (χ0) is 14.9. The minimum Gasteiger partial charge on any atom is -0.480 e. The first-order chi connectivity index (χ1) is 9.43. The first kappa shape index (κ1) is 15.0. The van der Waals surface area contributed by atoms with Crippen LogP contribution in [0.3, 0.4) is 0 Å². The van der Waals surface area contributed by atoms with Gasteiger partial charge in [0.2, 0.25) is 5.95 Å². The van der Waals surface area contributed by atoms with E-state index in [0.29, 0.717) is 17.5 Å². The van der Waals surface area contributed by atoms with Crippen molar-refractivity contribution in [3.63, 3.8) is 0 Å². The first-order valence-corrected chi connectivity index (χ1v) is 7.28. The van der Waals surface area contributed by atoms with Crippen molar-refractivity contribution in [1.82, 2.24) is 9.78 Å². The number of hydrogen-bond acceptors (Lipinski definition) is 3. The molecule has 4 nitrogen and oxygen atoms in total. The van der Waals surface area contributed by atoms with Gasteiger partial charge < -0.3 is 4.74 Å². The summed E-state index contributed by atoms with van der Waals surface area (Å²) >= 11 is 2.17. The van der Waals surface area contributed by atoms with Crippen molar-refractivity contribution in [2.75, 3.05) is 0 Å². The van der Waals surface area contributed by atoms with Crippen LogP contribution in [-0.4, -0.2) is 20.2 Å². The van der Waals surface area contributed by atoms with Gasteiger partial charge in [0.05, 0.1) is 5.56 Å². The van der Waals surface area contributed by atoms with Crippen molar-refractivity contribution in [2.45, 2.75) is 18.0 Å². The standard InChI is InChI=1S/C14H14FIN2O2/c1-8-6-10(4-5-12(8)20-9(2)16)13-11(7-19)14(15)18(3)17-13/h4-7,9H,1-3H3. The molecule has 0 aliphatic carbocycles. The molecule has 106 valence electrons.